The molecule has 1 fully saturated rings. The Kier molecular flexibility index (Phi) is 3.93. The lowest BCUT2D eigenvalue weighted by Crippen LogP contribution is -2.30. The van der Waals surface area contributed by atoms with Crippen LogP contribution in [0.3, 0.4) is 0 Å². The summed E-state index contributed by atoms with van der Waals surface area (Å²) < 4.78 is 0. The minimum atomic E-state index is -1.11. The molecule has 18 heavy (non-hydrogen) atoms. The summed E-state index contributed by atoms with van der Waals surface area (Å²) in [6.45, 7) is 2.66. The number of carbonyl (C=O) groups excluding carboxylic acids is 1. The second kappa shape index (κ2) is 5.45. The van der Waals surface area contributed by atoms with Crippen molar-refractivity contribution in [3.63, 3.8) is 0 Å². The number of nitrogens with zero attached hydrogens (tertiary/aromatic N) is 2. The Bertz CT molecular complexity index is 460. The Morgan fingerprint density at radius 2 is 2.44 bits per heavy atom. The number of amides is 1. The Morgan fingerprint density at radius 3 is 3.00 bits per heavy atom. The Labute approximate surface area is 109 Å². The molecule has 0 spiro atoms. The van der Waals surface area contributed by atoms with Crippen molar-refractivity contribution in [2.75, 3.05) is 26.7 Å². The molecule has 2 N–H and O–H groups in total. The van der Waals surface area contributed by atoms with Crippen molar-refractivity contribution in [2.24, 2.45) is 5.92 Å². The van der Waals surface area contributed by atoms with E-state index in [4.69, 9.17) is 5.11 Å². The zero-order chi connectivity index (χ0) is 13.1. The summed E-state index contributed by atoms with van der Waals surface area (Å²) >= 11 is 1.05. The quantitative estimate of drug-likeness (QED) is 0.833. The number of carboxylic acids is 1. The molecule has 7 heteroatoms. The number of thiazole rings is 1. The largest absolute Gasteiger partial charge is 0.476 e. The fraction of sp³-hybridized carbons (Fsp3) is 0.545. The van der Waals surface area contributed by atoms with Gasteiger partial charge in [0.2, 0.25) is 0 Å². The van der Waals surface area contributed by atoms with Crippen molar-refractivity contribution in [1.29, 1.82) is 0 Å². The molecule has 1 aliphatic heterocycles. The minimum Gasteiger partial charge on any atom is -0.476 e. The number of hydrogen-bond donors (Lipinski definition) is 2. The summed E-state index contributed by atoms with van der Waals surface area (Å²) in [6, 6.07) is 0. The summed E-state index contributed by atoms with van der Waals surface area (Å²) in [5.74, 6) is -0.928. The fourth-order valence-corrected chi connectivity index (χ4v) is 2.69. The van der Waals surface area contributed by atoms with E-state index in [0.29, 0.717) is 12.5 Å². The molecule has 1 aromatic heterocycles. The van der Waals surface area contributed by atoms with E-state index < -0.39 is 5.97 Å². The van der Waals surface area contributed by atoms with E-state index in [0.717, 1.165) is 30.8 Å². The summed E-state index contributed by atoms with van der Waals surface area (Å²) in [5, 5.41) is 13.1. The molecule has 98 valence electrons. The summed E-state index contributed by atoms with van der Waals surface area (Å²) in [5.41, 5.74) is -0.0780. The molecular formula is C11H15N3O3S. The van der Waals surface area contributed by atoms with Crippen LogP contribution < -0.4 is 5.32 Å². The first-order valence-corrected chi connectivity index (χ1v) is 6.60. The average molecular weight is 269 g/mol. The van der Waals surface area contributed by atoms with Crippen molar-refractivity contribution in [3.8, 4) is 0 Å². The van der Waals surface area contributed by atoms with Crippen LogP contribution in [0.1, 0.15) is 26.7 Å². The maximum absolute atomic E-state index is 11.7. The molecule has 0 radical (unpaired) electrons. The zero-order valence-corrected chi connectivity index (χ0v) is 10.9. The predicted molar refractivity (Wildman–Crippen MR) is 67.0 cm³/mol. The highest BCUT2D eigenvalue weighted by molar-refractivity contribution is 7.11. The van der Waals surface area contributed by atoms with E-state index in [1.54, 1.807) is 0 Å². The Morgan fingerprint density at radius 1 is 1.67 bits per heavy atom. The van der Waals surface area contributed by atoms with Gasteiger partial charge in [0.05, 0.1) is 0 Å². The normalized spacial score (nSPS) is 19.9. The van der Waals surface area contributed by atoms with E-state index in [1.807, 2.05) is 0 Å². The summed E-state index contributed by atoms with van der Waals surface area (Å²) in [4.78, 5) is 28.4. The third-order valence-corrected chi connectivity index (χ3v) is 3.80. The number of aromatic nitrogens is 1. The van der Waals surface area contributed by atoms with E-state index >= 15 is 0 Å². The van der Waals surface area contributed by atoms with E-state index in [9.17, 15) is 9.59 Å². The van der Waals surface area contributed by atoms with Crippen molar-refractivity contribution >= 4 is 23.2 Å². The number of likely N-dealkylation sites (tertiary alicyclic amines) is 1. The lowest BCUT2D eigenvalue weighted by molar-refractivity contribution is 0.0691. The van der Waals surface area contributed by atoms with Crippen molar-refractivity contribution in [3.05, 3.63) is 16.1 Å². The molecule has 1 aliphatic rings. The van der Waals surface area contributed by atoms with Gasteiger partial charge in [-0.3, -0.25) is 4.79 Å². The second-order valence-corrected chi connectivity index (χ2v) is 5.33. The van der Waals surface area contributed by atoms with Gasteiger partial charge in [0.25, 0.3) is 5.91 Å². The van der Waals surface area contributed by atoms with Gasteiger partial charge in [-0.15, -0.1) is 11.3 Å². The summed E-state index contributed by atoms with van der Waals surface area (Å²) in [6.07, 6.45) is 1.08. The lowest BCUT2D eigenvalue weighted by atomic mass is 10.1. The second-order valence-electron chi connectivity index (χ2n) is 4.47. The van der Waals surface area contributed by atoms with E-state index in [1.165, 1.54) is 5.38 Å². The smallest absolute Gasteiger partial charge is 0.355 e. The van der Waals surface area contributed by atoms with Gasteiger partial charge in [-0.05, 0) is 25.9 Å². The molecule has 0 bridgehead atoms. The maximum Gasteiger partial charge on any atom is 0.355 e. The molecule has 1 atom stereocenters. The molecule has 2 rings (SSSR count). The first-order valence-electron chi connectivity index (χ1n) is 5.72. The van der Waals surface area contributed by atoms with Crippen molar-refractivity contribution < 1.29 is 14.7 Å². The maximum atomic E-state index is 11.7. The lowest BCUT2D eigenvalue weighted by Gasteiger charge is -2.10. The van der Waals surface area contributed by atoms with Gasteiger partial charge in [0.1, 0.15) is 0 Å². The number of hydrogen-bond acceptors (Lipinski definition) is 5. The van der Waals surface area contributed by atoms with Crippen molar-refractivity contribution in [2.45, 2.75) is 6.42 Å². The van der Waals surface area contributed by atoms with Crippen LogP contribution in [0.25, 0.3) is 0 Å². The molecule has 0 saturated carbocycles. The monoisotopic (exact) mass is 269 g/mol. The minimum absolute atomic E-state index is 0.0780. The van der Waals surface area contributed by atoms with Crippen LogP contribution in [0.15, 0.2) is 5.38 Å². The van der Waals surface area contributed by atoms with Crippen LogP contribution >= 0.6 is 11.3 Å². The Hall–Kier alpha value is -1.47. The molecule has 6 nitrogen and oxygen atoms in total. The van der Waals surface area contributed by atoms with Crippen LogP contribution in [0.2, 0.25) is 0 Å². The van der Waals surface area contributed by atoms with Crippen LogP contribution in [-0.2, 0) is 0 Å². The summed E-state index contributed by atoms with van der Waals surface area (Å²) in [7, 11) is 2.06. The van der Waals surface area contributed by atoms with Gasteiger partial charge in [-0.2, -0.15) is 0 Å². The predicted octanol–water partition coefficient (Wildman–Crippen LogP) is 0.523. The van der Waals surface area contributed by atoms with Gasteiger partial charge in [-0.25, -0.2) is 9.78 Å². The number of rotatable bonds is 4. The first-order chi connectivity index (χ1) is 8.56. The van der Waals surface area contributed by atoms with Crippen LogP contribution in [-0.4, -0.2) is 53.5 Å². The highest BCUT2D eigenvalue weighted by Gasteiger charge is 2.21. The van der Waals surface area contributed by atoms with Crippen molar-refractivity contribution in [1.82, 2.24) is 15.2 Å². The topological polar surface area (TPSA) is 82.5 Å². The van der Waals surface area contributed by atoms with E-state index in [-0.39, 0.29) is 16.6 Å². The standard InChI is InChI=1S/C11H15N3O3S/c1-14-3-2-7(5-14)4-12-9(15)10-13-8(6-18-10)11(16)17/h6-7H,2-5H2,1H3,(H,12,15)(H,16,17). The van der Waals surface area contributed by atoms with Crippen LogP contribution in [0.5, 0.6) is 0 Å². The SMILES string of the molecule is CN1CCC(CNC(=O)c2nc(C(=O)O)cs2)C1. The molecular weight excluding hydrogens is 254 g/mol. The molecule has 1 unspecified atom stereocenters. The zero-order valence-electron chi connectivity index (χ0n) is 10.0. The number of carboxylic acid groups (broad SMARTS) is 1. The first kappa shape index (κ1) is 13.0. The number of carbonyl (C=O) groups is 2. The van der Waals surface area contributed by atoms with Gasteiger partial charge in [0.15, 0.2) is 10.7 Å². The fourth-order valence-electron chi connectivity index (χ4n) is 1.98. The van der Waals surface area contributed by atoms with Gasteiger partial charge < -0.3 is 15.3 Å². The van der Waals surface area contributed by atoms with Gasteiger partial charge in [-0.1, -0.05) is 0 Å². The molecule has 1 amide bonds. The number of aromatic carboxylic acids is 1. The van der Waals surface area contributed by atoms with Crippen LogP contribution in [0, 0.1) is 5.92 Å². The highest BCUT2D eigenvalue weighted by atomic mass is 32.1. The van der Waals surface area contributed by atoms with E-state index in [2.05, 4.69) is 22.2 Å². The molecule has 1 saturated heterocycles. The Balaban J connectivity index is 1.85. The van der Waals surface area contributed by atoms with Gasteiger partial charge >= 0.3 is 5.97 Å². The molecule has 1 aromatic rings. The highest BCUT2D eigenvalue weighted by Crippen LogP contribution is 2.14. The number of nitrogens with one attached hydrogen (secondary N) is 1. The third-order valence-electron chi connectivity index (χ3n) is 2.96. The van der Waals surface area contributed by atoms with Crippen LogP contribution in [0.4, 0.5) is 0 Å². The molecule has 0 aromatic carbocycles. The van der Waals surface area contributed by atoms with Gasteiger partial charge in [0, 0.05) is 18.5 Å². The average Bonchev–Trinajstić information content (AvgIpc) is 2.94. The third kappa shape index (κ3) is 3.05. The molecule has 0 aliphatic carbocycles. The molecule has 2 heterocycles.